The molecule has 1 aromatic carbocycles. The van der Waals surface area contributed by atoms with E-state index in [2.05, 4.69) is 19.1 Å². The SMILES string of the molecule is CCC=CC12CCC(=O)C(C)=C1c1ccc(O)cc1C2. The summed E-state index contributed by atoms with van der Waals surface area (Å²) in [5.41, 5.74) is 4.36. The van der Waals surface area contributed by atoms with Gasteiger partial charge in [0.15, 0.2) is 5.78 Å². The van der Waals surface area contributed by atoms with E-state index in [1.807, 2.05) is 19.1 Å². The van der Waals surface area contributed by atoms with Crippen LogP contribution in [0, 0.1) is 5.41 Å². The number of ketones is 1. The van der Waals surface area contributed by atoms with E-state index < -0.39 is 0 Å². The molecule has 0 spiro atoms. The third kappa shape index (κ3) is 1.82. The van der Waals surface area contributed by atoms with Gasteiger partial charge in [-0.2, -0.15) is 0 Å². The lowest BCUT2D eigenvalue weighted by atomic mass is 9.70. The van der Waals surface area contributed by atoms with E-state index in [-0.39, 0.29) is 11.2 Å². The highest BCUT2D eigenvalue weighted by Gasteiger charge is 2.44. The number of benzene rings is 1. The molecule has 2 aliphatic rings. The van der Waals surface area contributed by atoms with Crippen LogP contribution < -0.4 is 0 Å². The van der Waals surface area contributed by atoms with Gasteiger partial charge in [0, 0.05) is 11.8 Å². The highest BCUT2D eigenvalue weighted by molar-refractivity contribution is 6.06. The van der Waals surface area contributed by atoms with Crippen molar-refractivity contribution in [3.63, 3.8) is 0 Å². The normalized spacial score (nSPS) is 25.2. The number of carbonyl (C=O) groups excluding carboxylic acids is 1. The average molecular weight is 268 g/mol. The van der Waals surface area contributed by atoms with Gasteiger partial charge in [-0.25, -0.2) is 0 Å². The molecule has 1 aromatic rings. The van der Waals surface area contributed by atoms with Gasteiger partial charge in [0.1, 0.15) is 5.75 Å². The zero-order chi connectivity index (χ0) is 14.3. The molecule has 3 rings (SSSR count). The van der Waals surface area contributed by atoms with E-state index in [0.717, 1.165) is 36.0 Å². The second-order valence-electron chi connectivity index (χ2n) is 5.91. The molecule has 0 saturated heterocycles. The zero-order valence-corrected chi connectivity index (χ0v) is 12.1. The molecule has 20 heavy (non-hydrogen) atoms. The molecule has 0 radical (unpaired) electrons. The Balaban J connectivity index is 2.22. The minimum atomic E-state index is -0.0376. The maximum Gasteiger partial charge on any atom is 0.158 e. The Kier molecular flexibility index (Phi) is 3.04. The van der Waals surface area contributed by atoms with Gasteiger partial charge in [-0.15, -0.1) is 0 Å². The number of hydrogen-bond donors (Lipinski definition) is 1. The second kappa shape index (κ2) is 4.62. The summed E-state index contributed by atoms with van der Waals surface area (Å²) in [5, 5.41) is 9.71. The summed E-state index contributed by atoms with van der Waals surface area (Å²) < 4.78 is 0. The Morgan fingerprint density at radius 2 is 2.20 bits per heavy atom. The van der Waals surface area contributed by atoms with E-state index in [9.17, 15) is 9.90 Å². The third-order valence-electron chi connectivity index (χ3n) is 4.63. The summed E-state index contributed by atoms with van der Waals surface area (Å²) in [7, 11) is 0. The Labute approximate surface area is 119 Å². The fourth-order valence-corrected chi connectivity index (χ4v) is 3.69. The number of aromatic hydroxyl groups is 1. The van der Waals surface area contributed by atoms with Crippen LogP contribution in [0.3, 0.4) is 0 Å². The first-order chi connectivity index (χ1) is 9.57. The Morgan fingerprint density at radius 1 is 1.40 bits per heavy atom. The topological polar surface area (TPSA) is 37.3 Å². The first-order valence-corrected chi connectivity index (χ1v) is 7.32. The lowest BCUT2D eigenvalue weighted by molar-refractivity contribution is -0.116. The van der Waals surface area contributed by atoms with E-state index in [4.69, 9.17) is 0 Å². The van der Waals surface area contributed by atoms with Gasteiger partial charge in [0.2, 0.25) is 0 Å². The molecule has 104 valence electrons. The lowest BCUT2D eigenvalue weighted by Gasteiger charge is -2.33. The molecular formula is C18H20O2. The van der Waals surface area contributed by atoms with Crippen molar-refractivity contribution in [3.8, 4) is 5.75 Å². The number of hydrogen-bond acceptors (Lipinski definition) is 2. The summed E-state index contributed by atoms with van der Waals surface area (Å²) >= 11 is 0. The lowest BCUT2D eigenvalue weighted by Crippen LogP contribution is -2.26. The smallest absolute Gasteiger partial charge is 0.158 e. The Morgan fingerprint density at radius 3 is 2.95 bits per heavy atom. The van der Waals surface area contributed by atoms with E-state index in [1.165, 1.54) is 5.57 Å². The van der Waals surface area contributed by atoms with Crippen LogP contribution in [0.5, 0.6) is 5.75 Å². The number of Topliss-reactive ketones (excluding diaryl/α,β-unsaturated/α-hetero) is 1. The van der Waals surface area contributed by atoms with Gasteiger partial charge < -0.3 is 5.11 Å². The van der Waals surface area contributed by atoms with Crippen molar-refractivity contribution in [3.05, 3.63) is 47.1 Å². The van der Waals surface area contributed by atoms with Crippen molar-refractivity contribution in [1.82, 2.24) is 0 Å². The van der Waals surface area contributed by atoms with Gasteiger partial charge in [0.25, 0.3) is 0 Å². The molecule has 0 fully saturated rings. The maximum atomic E-state index is 12.1. The van der Waals surface area contributed by atoms with Crippen molar-refractivity contribution in [1.29, 1.82) is 0 Å². The van der Waals surface area contributed by atoms with E-state index >= 15 is 0 Å². The number of phenolic OH excluding ortho intramolecular Hbond substituents is 1. The molecule has 2 aliphatic carbocycles. The predicted molar refractivity (Wildman–Crippen MR) is 80.5 cm³/mol. The number of carbonyl (C=O) groups is 1. The Bertz CT molecular complexity index is 637. The summed E-state index contributed by atoms with van der Waals surface area (Å²) in [4.78, 5) is 12.1. The van der Waals surface area contributed by atoms with Crippen molar-refractivity contribution in [2.45, 2.75) is 39.5 Å². The molecular weight excluding hydrogens is 248 g/mol. The quantitative estimate of drug-likeness (QED) is 0.822. The molecule has 0 saturated carbocycles. The molecule has 1 unspecified atom stereocenters. The molecule has 0 bridgehead atoms. The molecule has 2 nitrogen and oxygen atoms in total. The van der Waals surface area contributed by atoms with Crippen LogP contribution in [0.2, 0.25) is 0 Å². The molecule has 0 aromatic heterocycles. The van der Waals surface area contributed by atoms with Crippen molar-refractivity contribution >= 4 is 11.4 Å². The van der Waals surface area contributed by atoms with Crippen LogP contribution in [-0.2, 0) is 11.2 Å². The van der Waals surface area contributed by atoms with Gasteiger partial charge >= 0.3 is 0 Å². The second-order valence-corrected chi connectivity index (χ2v) is 5.91. The van der Waals surface area contributed by atoms with E-state index in [1.54, 1.807) is 6.07 Å². The van der Waals surface area contributed by atoms with Crippen LogP contribution in [0.1, 0.15) is 44.2 Å². The molecule has 0 aliphatic heterocycles. The third-order valence-corrected chi connectivity index (χ3v) is 4.63. The fraction of sp³-hybridized carbons (Fsp3) is 0.389. The monoisotopic (exact) mass is 268 g/mol. The fourth-order valence-electron chi connectivity index (χ4n) is 3.69. The van der Waals surface area contributed by atoms with Gasteiger partial charge in [-0.3, -0.25) is 4.79 Å². The van der Waals surface area contributed by atoms with Crippen LogP contribution >= 0.6 is 0 Å². The first-order valence-electron chi connectivity index (χ1n) is 7.32. The zero-order valence-electron chi connectivity index (χ0n) is 12.1. The van der Waals surface area contributed by atoms with Crippen molar-refractivity contribution < 1.29 is 9.90 Å². The van der Waals surface area contributed by atoms with Gasteiger partial charge in [-0.1, -0.05) is 25.1 Å². The average Bonchev–Trinajstić information content (AvgIpc) is 2.75. The van der Waals surface area contributed by atoms with Crippen LogP contribution in [0.4, 0.5) is 0 Å². The minimum Gasteiger partial charge on any atom is -0.508 e. The first kappa shape index (κ1) is 13.2. The van der Waals surface area contributed by atoms with Crippen molar-refractivity contribution in [2.75, 3.05) is 0 Å². The van der Waals surface area contributed by atoms with E-state index in [0.29, 0.717) is 12.2 Å². The maximum absolute atomic E-state index is 12.1. The molecule has 1 N–H and O–H groups in total. The summed E-state index contributed by atoms with van der Waals surface area (Å²) in [6.45, 7) is 4.08. The van der Waals surface area contributed by atoms with Crippen LogP contribution in [0.25, 0.3) is 5.57 Å². The van der Waals surface area contributed by atoms with Gasteiger partial charge in [-0.05, 0) is 60.6 Å². The highest BCUT2D eigenvalue weighted by Crippen LogP contribution is 2.55. The number of allylic oxidation sites excluding steroid dienone is 4. The number of phenols is 1. The highest BCUT2D eigenvalue weighted by atomic mass is 16.3. The molecule has 0 amide bonds. The van der Waals surface area contributed by atoms with Crippen LogP contribution in [-0.4, -0.2) is 10.9 Å². The standard InChI is InChI=1S/C18H20O2/c1-3-4-8-18-9-7-16(20)12(2)17(18)15-6-5-14(19)10-13(15)11-18/h4-6,8,10,19H,3,7,9,11H2,1-2H3. The van der Waals surface area contributed by atoms with Crippen molar-refractivity contribution in [2.24, 2.45) is 5.41 Å². The van der Waals surface area contributed by atoms with Crippen LogP contribution in [0.15, 0.2) is 35.9 Å². The number of fused-ring (bicyclic) bond motifs is 3. The molecule has 0 heterocycles. The van der Waals surface area contributed by atoms with Gasteiger partial charge in [0.05, 0.1) is 0 Å². The Hall–Kier alpha value is -1.83. The minimum absolute atomic E-state index is 0.0376. The summed E-state index contributed by atoms with van der Waals surface area (Å²) in [5.74, 6) is 0.572. The largest absolute Gasteiger partial charge is 0.508 e. The number of rotatable bonds is 2. The summed E-state index contributed by atoms with van der Waals surface area (Å²) in [6, 6.07) is 5.53. The summed E-state index contributed by atoms with van der Waals surface area (Å²) in [6.07, 6.45) is 7.90. The molecule has 2 heteroatoms. The molecule has 1 atom stereocenters. The predicted octanol–water partition coefficient (Wildman–Crippen LogP) is 4.04.